The second-order valence-corrected chi connectivity index (χ2v) is 5.37. The molecule has 98 valence electrons. The summed E-state index contributed by atoms with van der Waals surface area (Å²) in [6, 6.07) is 10.9. The number of halogens is 1. The monoisotopic (exact) mass is 294 g/mol. The molecule has 0 spiro atoms. The van der Waals surface area contributed by atoms with E-state index in [9.17, 15) is 9.59 Å². The van der Waals surface area contributed by atoms with Crippen molar-refractivity contribution in [3.8, 4) is 0 Å². The highest BCUT2D eigenvalue weighted by molar-refractivity contribution is 7.16. The highest BCUT2D eigenvalue weighted by atomic mass is 35.5. The largest absolute Gasteiger partial charge is 0.457 e. The van der Waals surface area contributed by atoms with Gasteiger partial charge in [-0.05, 0) is 11.6 Å². The van der Waals surface area contributed by atoms with E-state index in [0.29, 0.717) is 14.8 Å². The SMILES string of the molecule is CC(=O)c1sc(C(=O)OCc2ccccc2)cc1Cl. The first-order valence-electron chi connectivity index (χ1n) is 5.59. The van der Waals surface area contributed by atoms with Gasteiger partial charge < -0.3 is 4.74 Å². The average Bonchev–Trinajstić information content (AvgIpc) is 2.79. The molecular formula is C14H11ClO3S. The number of thiophene rings is 1. The van der Waals surface area contributed by atoms with E-state index in [1.165, 1.54) is 13.0 Å². The molecule has 0 aliphatic carbocycles. The number of carbonyl (C=O) groups excluding carboxylic acids is 2. The highest BCUT2D eigenvalue weighted by Crippen LogP contribution is 2.28. The molecule has 2 rings (SSSR count). The molecule has 0 N–H and O–H groups in total. The van der Waals surface area contributed by atoms with Crippen molar-refractivity contribution in [1.29, 1.82) is 0 Å². The predicted molar refractivity (Wildman–Crippen MR) is 74.9 cm³/mol. The third kappa shape index (κ3) is 3.43. The number of esters is 1. The highest BCUT2D eigenvalue weighted by Gasteiger charge is 2.17. The van der Waals surface area contributed by atoms with E-state index in [1.54, 1.807) is 0 Å². The summed E-state index contributed by atoms with van der Waals surface area (Å²) in [5.41, 5.74) is 0.908. The second-order valence-electron chi connectivity index (χ2n) is 3.91. The molecular weight excluding hydrogens is 284 g/mol. The van der Waals surface area contributed by atoms with E-state index in [4.69, 9.17) is 16.3 Å². The van der Waals surface area contributed by atoms with Crippen molar-refractivity contribution < 1.29 is 14.3 Å². The Kier molecular flexibility index (Phi) is 4.35. The smallest absolute Gasteiger partial charge is 0.348 e. The lowest BCUT2D eigenvalue weighted by Gasteiger charge is -2.02. The Morgan fingerprint density at radius 3 is 2.53 bits per heavy atom. The van der Waals surface area contributed by atoms with E-state index >= 15 is 0 Å². The topological polar surface area (TPSA) is 43.4 Å². The molecule has 0 unspecified atom stereocenters. The van der Waals surface area contributed by atoms with E-state index in [-0.39, 0.29) is 12.4 Å². The maximum atomic E-state index is 11.8. The molecule has 0 amide bonds. The molecule has 0 atom stereocenters. The number of carbonyl (C=O) groups is 2. The van der Waals surface area contributed by atoms with Crippen molar-refractivity contribution in [3.63, 3.8) is 0 Å². The van der Waals surface area contributed by atoms with Gasteiger partial charge in [0, 0.05) is 6.92 Å². The Morgan fingerprint density at radius 2 is 1.95 bits per heavy atom. The van der Waals surface area contributed by atoms with Crippen LogP contribution in [0, 0.1) is 0 Å². The third-order valence-corrected chi connectivity index (χ3v) is 4.05. The number of Topliss-reactive ketones (excluding diaryl/α,β-unsaturated/α-hetero) is 1. The lowest BCUT2D eigenvalue weighted by Crippen LogP contribution is -2.02. The first-order chi connectivity index (χ1) is 9.08. The van der Waals surface area contributed by atoms with Crippen molar-refractivity contribution in [2.24, 2.45) is 0 Å². The zero-order chi connectivity index (χ0) is 13.8. The Bertz CT molecular complexity index is 604. The quantitative estimate of drug-likeness (QED) is 0.633. The minimum Gasteiger partial charge on any atom is -0.457 e. The summed E-state index contributed by atoms with van der Waals surface area (Å²) in [4.78, 5) is 23.8. The van der Waals surface area contributed by atoms with Crippen molar-refractivity contribution in [2.45, 2.75) is 13.5 Å². The summed E-state index contributed by atoms with van der Waals surface area (Å²) in [6.45, 7) is 1.61. The number of hydrogen-bond acceptors (Lipinski definition) is 4. The van der Waals surface area contributed by atoms with Crippen LogP contribution in [-0.4, -0.2) is 11.8 Å². The van der Waals surface area contributed by atoms with Crippen molar-refractivity contribution >= 4 is 34.7 Å². The molecule has 0 fully saturated rings. The predicted octanol–water partition coefficient (Wildman–Crippen LogP) is 3.96. The number of rotatable bonds is 4. The zero-order valence-electron chi connectivity index (χ0n) is 10.2. The van der Waals surface area contributed by atoms with Gasteiger partial charge in [0.05, 0.1) is 9.90 Å². The van der Waals surface area contributed by atoms with E-state index < -0.39 is 5.97 Å². The van der Waals surface area contributed by atoms with Gasteiger partial charge in [0.25, 0.3) is 0 Å². The average molecular weight is 295 g/mol. The number of ether oxygens (including phenoxy) is 1. The fourth-order valence-electron chi connectivity index (χ4n) is 1.50. The number of benzene rings is 1. The van der Waals surface area contributed by atoms with Crippen LogP contribution < -0.4 is 0 Å². The zero-order valence-corrected chi connectivity index (χ0v) is 11.8. The molecule has 19 heavy (non-hydrogen) atoms. The molecule has 0 bridgehead atoms. The summed E-state index contributed by atoms with van der Waals surface area (Å²) >= 11 is 6.94. The fraction of sp³-hybridized carbons (Fsp3) is 0.143. The summed E-state index contributed by atoms with van der Waals surface area (Å²) in [5, 5.41) is 0.296. The van der Waals surface area contributed by atoms with Gasteiger partial charge in [0.2, 0.25) is 0 Å². The van der Waals surface area contributed by atoms with Gasteiger partial charge in [0.15, 0.2) is 5.78 Å². The number of hydrogen-bond donors (Lipinski definition) is 0. The van der Waals surface area contributed by atoms with Crippen LogP contribution in [0.4, 0.5) is 0 Å². The summed E-state index contributed by atoms with van der Waals surface area (Å²) in [6.07, 6.45) is 0. The molecule has 0 aliphatic heterocycles. The van der Waals surface area contributed by atoms with Crippen LogP contribution >= 0.6 is 22.9 Å². The van der Waals surface area contributed by atoms with Gasteiger partial charge in [-0.25, -0.2) is 4.79 Å². The van der Waals surface area contributed by atoms with Crippen LogP contribution in [0.3, 0.4) is 0 Å². The van der Waals surface area contributed by atoms with Gasteiger partial charge in [-0.3, -0.25) is 4.79 Å². The maximum absolute atomic E-state index is 11.8. The molecule has 2 aromatic rings. The van der Waals surface area contributed by atoms with Crippen LogP contribution in [0.2, 0.25) is 5.02 Å². The standard InChI is InChI=1S/C14H11ClO3S/c1-9(16)13-11(15)7-12(19-13)14(17)18-8-10-5-3-2-4-6-10/h2-7H,8H2,1H3. The summed E-state index contributed by atoms with van der Waals surface area (Å²) in [7, 11) is 0. The minimum atomic E-state index is -0.469. The lowest BCUT2D eigenvalue weighted by atomic mass is 10.2. The molecule has 1 aromatic heterocycles. The van der Waals surface area contributed by atoms with Gasteiger partial charge in [-0.1, -0.05) is 41.9 Å². The Hall–Kier alpha value is -1.65. The molecule has 5 heteroatoms. The van der Waals surface area contributed by atoms with Crippen molar-refractivity contribution in [3.05, 3.63) is 56.7 Å². The van der Waals surface area contributed by atoms with Crippen LogP contribution in [0.1, 0.15) is 31.8 Å². The lowest BCUT2D eigenvalue weighted by molar-refractivity contribution is 0.0478. The Morgan fingerprint density at radius 1 is 1.26 bits per heavy atom. The maximum Gasteiger partial charge on any atom is 0.348 e. The van der Waals surface area contributed by atoms with Crippen LogP contribution in [0.15, 0.2) is 36.4 Å². The van der Waals surface area contributed by atoms with Crippen molar-refractivity contribution in [2.75, 3.05) is 0 Å². The normalized spacial score (nSPS) is 10.2. The number of ketones is 1. The minimum absolute atomic E-state index is 0.155. The first-order valence-corrected chi connectivity index (χ1v) is 6.78. The molecule has 1 aromatic carbocycles. The Balaban J connectivity index is 2.04. The van der Waals surface area contributed by atoms with Gasteiger partial charge >= 0.3 is 5.97 Å². The second kappa shape index (κ2) is 5.99. The van der Waals surface area contributed by atoms with Crippen LogP contribution in [0.5, 0.6) is 0 Å². The third-order valence-electron chi connectivity index (χ3n) is 2.42. The van der Waals surface area contributed by atoms with Crippen LogP contribution in [0.25, 0.3) is 0 Å². The molecule has 1 heterocycles. The van der Waals surface area contributed by atoms with Crippen LogP contribution in [-0.2, 0) is 11.3 Å². The van der Waals surface area contributed by atoms with Gasteiger partial charge in [-0.2, -0.15) is 0 Å². The van der Waals surface area contributed by atoms with Gasteiger partial charge in [0.1, 0.15) is 11.5 Å². The van der Waals surface area contributed by atoms with E-state index in [1.807, 2.05) is 30.3 Å². The fourth-order valence-corrected chi connectivity index (χ4v) is 2.77. The molecule has 3 nitrogen and oxygen atoms in total. The molecule has 0 saturated heterocycles. The van der Waals surface area contributed by atoms with Crippen molar-refractivity contribution in [1.82, 2.24) is 0 Å². The van der Waals surface area contributed by atoms with E-state index in [0.717, 1.165) is 16.9 Å². The molecule has 0 saturated carbocycles. The first kappa shape index (κ1) is 13.8. The van der Waals surface area contributed by atoms with Gasteiger partial charge in [-0.15, -0.1) is 11.3 Å². The molecule has 0 radical (unpaired) electrons. The Labute approximate surface area is 119 Å². The van der Waals surface area contributed by atoms with E-state index in [2.05, 4.69) is 0 Å². The summed E-state index contributed by atoms with van der Waals surface area (Å²) in [5.74, 6) is -0.625. The molecule has 0 aliphatic rings. The summed E-state index contributed by atoms with van der Waals surface area (Å²) < 4.78 is 5.16.